The van der Waals surface area contributed by atoms with Crippen LogP contribution in [0.2, 0.25) is 6.04 Å². The first-order chi connectivity index (χ1) is 11.2. The fraction of sp³-hybridized carbons (Fsp3) is 0.941. The Balaban J connectivity index is 3.29. The summed E-state index contributed by atoms with van der Waals surface area (Å²) in [5.41, 5.74) is 0. The first-order valence-corrected chi connectivity index (χ1v) is 10.9. The molecule has 0 aliphatic heterocycles. The molecule has 0 aromatic heterocycles. The quantitative estimate of drug-likeness (QED) is 0.169. The van der Waals surface area contributed by atoms with Crippen molar-refractivity contribution in [3.05, 3.63) is 0 Å². The molecule has 0 aromatic rings. The average molecular weight is 346 g/mol. The Hall–Kier alpha value is -0.523. The third-order valence-corrected chi connectivity index (χ3v) is 7.08. The second kappa shape index (κ2) is 16.3. The molecular weight excluding hydrogens is 310 g/mol. The van der Waals surface area contributed by atoms with E-state index in [1.807, 2.05) is 0 Å². The SMILES string of the molecule is CO[Si](CCCCCCCCCCCCCN=C=O)(OC)OC. The summed E-state index contributed by atoms with van der Waals surface area (Å²) in [7, 11) is 2.68. The van der Waals surface area contributed by atoms with E-state index < -0.39 is 8.80 Å². The van der Waals surface area contributed by atoms with Gasteiger partial charge in [0.15, 0.2) is 0 Å². The summed E-state index contributed by atoms with van der Waals surface area (Å²) in [6.45, 7) is 0.642. The molecule has 0 radical (unpaired) electrons. The van der Waals surface area contributed by atoms with Gasteiger partial charge in [-0.3, -0.25) is 0 Å². The van der Waals surface area contributed by atoms with Gasteiger partial charge in [0.05, 0.1) is 6.54 Å². The molecule has 136 valence electrons. The van der Waals surface area contributed by atoms with E-state index in [2.05, 4.69) is 4.99 Å². The smallest absolute Gasteiger partial charge is 0.377 e. The molecule has 0 spiro atoms. The Labute approximate surface area is 143 Å². The topological polar surface area (TPSA) is 57.1 Å². The van der Waals surface area contributed by atoms with Gasteiger partial charge in [-0.25, -0.2) is 9.79 Å². The average Bonchev–Trinajstić information content (AvgIpc) is 2.59. The Morgan fingerprint density at radius 1 is 0.696 bits per heavy atom. The van der Waals surface area contributed by atoms with Crippen molar-refractivity contribution in [2.75, 3.05) is 27.9 Å². The highest BCUT2D eigenvalue weighted by Crippen LogP contribution is 2.18. The van der Waals surface area contributed by atoms with Gasteiger partial charge in [-0.05, 0) is 12.8 Å². The predicted octanol–water partition coefficient (Wildman–Crippen LogP) is 4.49. The summed E-state index contributed by atoms with van der Waals surface area (Å²) in [5.74, 6) is 0. The molecule has 0 saturated carbocycles. The van der Waals surface area contributed by atoms with Crippen LogP contribution in [0.1, 0.15) is 70.6 Å². The van der Waals surface area contributed by atoms with Crippen molar-refractivity contribution >= 4 is 14.9 Å². The number of carbonyl (C=O) groups excluding carboxylic acids is 1. The van der Waals surface area contributed by atoms with Gasteiger partial charge >= 0.3 is 8.80 Å². The number of hydrogen-bond acceptors (Lipinski definition) is 5. The zero-order chi connectivity index (χ0) is 17.2. The van der Waals surface area contributed by atoms with E-state index in [9.17, 15) is 4.79 Å². The van der Waals surface area contributed by atoms with Crippen molar-refractivity contribution in [2.24, 2.45) is 4.99 Å². The van der Waals surface area contributed by atoms with Gasteiger partial charge in [0.2, 0.25) is 6.08 Å². The van der Waals surface area contributed by atoms with Crippen molar-refractivity contribution in [1.82, 2.24) is 0 Å². The van der Waals surface area contributed by atoms with Crippen LogP contribution in [0.4, 0.5) is 0 Å². The molecule has 0 rings (SSSR count). The second-order valence-corrected chi connectivity index (χ2v) is 9.00. The maximum Gasteiger partial charge on any atom is 0.500 e. The summed E-state index contributed by atoms with van der Waals surface area (Å²) in [5, 5.41) is 0. The zero-order valence-electron chi connectivity index (χ0n) is 15.3. The molecule has 6 heteroatoms. The van der Waals surface area contributed by atoms with Crippen LogP contribution in [0.25, 0.3) is 0 Å². The van der Waals surface area contributed by atoms with E-state index in [0.717, 1.165) is 18.9 Å². The van der Waals surface area contributed by atoms with E-state index in [1.165, 1.54) is 57.8 Å². The van der Waals surface area contributed by atoms with Crippen LogP contribution >= 0.6 is 0 Å². The molecular formula is C17H35NO4Si. The lowest BCUT2D eigenvalue weighted by Crippen LogP contribution is -2.42. The fourth-order valence-corrected chi connectivity index (χ4v) is 4.52. The van der Waals surface area contributed by atoms with Gasteiger partial charge in [-0.2, -0.15) is 0 Å². The molecule has 0 heterocycles. The minimum Gasteiger partial charge on any atom is -0.377 e. The highest BCUT2D eigenvalue weighted by molar-refractivity contribution is 6.60. The number of aliphatic imine (C=N–C) groups is 1. The van der Waals surface area contributed by atoms with Crippen molar-refractivity contribution < 1.29 is 18.1 Å². The van der Waals surface area contributed by atoms with Crippen LogP contribution in [-0.2, 0) is 18.1 Å². The van der Waals surface area contributed by atoms with E-state index in [-0.39, 0.29) is 0 Å². The molecule has 0 bridgehead atoms. The molecule has 0 saturated heterocycles. The monoisotopic (exact) mass is 345 g/mol. The third-order valence-electron chi connectivity index (χ3n) is 4.25. The maximum atomic E-state index is 9.89. The van der Waals surface area contributed by atoms with Gasteiger partial charge < -0.3 is 13.3 Å². The maximum absolute atomic E-state index is 9.89. The van der Waals surface area contributed by atoms with E-state index in [1.54, 1.807) is 27.4 Å². The Bertz CT molecular complexity index is 297. The lowest BCUT2D eigenvalue weighted by Gasteiger charge is -2.24. The van der Waals surface area contributed by atoms with E-state index >= 15 is 0 Å². The fourth-order valence-electron chi connectivity index (χ4n) is 2.73. The standard InChI is InChI=1S/C17H35NO4Si/c1-20-23(21-2,22-3)16-14-12-10-8-6-4-5-7-9-11-13-15-18-17-19/h4-16H2,1-3H3. The van der Waals surface area contributed by atoms with E-state index in [0.29, 0.717) is 6.54 Å². The highest BCUT2D eigenvalue weighted by atomic mass is 28.4. The lowest BCUT2D eigenvalue weighted by molar-refractivity contribution is 0.122. The summed E-state index contributed by atoms with van der Waals surface area (Å²) in [6, 6.07) is 0.907. The first kappa shape index (κ1) is 22.5. The van der Waals surface area contributed by atoms with Crippen molar-refractivity contribution in [2.45, 2.75) is 76.7 Å². The van der Waals surface area contributed by atoms with Crippen LogP contribution in [0, 0.1) is 0 Å². The normalized spacial score (nSPS) is 11.4. The minimum atomic E-state index is -2.35. The van der Waals surface area contributed by atoms with Gasteiger partial charge in [0.25, 0.3) is 0 Å². The van der Waals surface area contributed by atoms with Gasteiger partial charge in [0, 0.05) is 27.4 Å². The molecule has 0 aliphatic rings. The molecule has 0 N–H and O–H groups in total. The summed E-state index contributed by atoms with van der Waals surface area (Å²) in [6.07, 6.45) is 15.3. The molecule has 0 unspecified atom stereocenters. The molecule has 0 aliphatic carbocycles. The Morgan fingerprint density at radius 2 is 1.09 bits per heavy atom. The van der Waals surface area contributed by atoms with Crippen molar-refractivity contribution in [3.63, 3.8) is 0 Å². The van der Waals surface area contributed by atoms with Crippen LogP contribution in [0.3, 0.4) is 0 Å². The zero-order valence-corrected chi connectivity index (χ0v) is 16.3. The van der Waals surface area contributed by atoms with Crippen LogP contribution in [-0.4, -0.2) is 42.8 Å². The highest BCUT2D eigenvalue weighted by Gasteiger charge is 2.36. The van der Waals surface area contributed by atoms with Crippen LogP contribution in [0.5, 0.6) is 0 Å². The molecule has 0 aromatic carbocycles. The third kappa shape index (κ3) is 12.6. The predicted molar refractivity (Wildman–Crippen MR) is 95.4 cm³/mol. The molecule has 0 amide bonds. The van der Waals surface area contributed by atoms with Crippen molar-refractivity contribution in [1.29, 1.82) is 0 Å². The number of hydrogen-bond donors (Lipinski definition) is 0. The van der Waals surface area contributed by atoms with E-state index in [4.69, 9.17) is 13.3 Å². The number of isocyanates is 1. The lowest BCUT2D eigenvalue weighted by atomic mass is 10.1. The summed E-state index contributed by atoms with van der Waals surface area (Å²) < 4.78 is 16.3. The van der Waals surface area contributed by atoms with Gasteiger partial charge in [-0.15, -0.1) is 0 Å². The molecule has 0 atom stereocenters. The molecule has 5 nitrogen and oxygen atoms in total. The number of nitrogens with zero attached hydrogens (tertiary/aromatic N) is 1. The summed E-state index contributed by atoms with van der Waals surface area (Å²) >= 11 is 0. The van der Waals surface area contributed by atoms with Gasteiger partial charge in [-0.1, -0.05) is 57.8 Å². The number of rotatable bonds is 17. The Morgan fingerprint density at radius 3 is 1.48 bits per heavy atom. The molecule has 23 heavy (non-hydrogen) atoms. The molecule has 0 fully saturated rings. The largest absolute Gasteiger partial charge is 0.500 e. The summed E-state index contributed by atoms with van der Waals surface area (Å²) in [4.78, 5) is 13.5. The second-order valence-electron chi connectivity index (χ2n) is 5.91. The minimum absolute atomic E-state index is 0.642. The van der Waals surface area contributed by atoms with Crippen molar-refractivity contribution in [3.8, 4) is 0 Å². The number of unbranched alkanes of at least 4 members (excludes halogenated alkanes) is 10. The van der Waals surface area contributed by atoms with Gasteiger partial charge in [0.1, 0.15) is 0 Å². The van der Waals surface area contributed by atoms with Crippen LogP contribution < -0.4 is 0 Å². The van der Waals surface area contributed by atoms with Crippen LogP contribution in [0.15, 0.2) is 4.99 Å². The first-order valence-electron chi connectivity index (χ1n) is 8.93. The Kier molecular flexibility index (Phi) is 16.0.